The predicted octanol–water partition coefficient (Wildman–Crippen LogP) is 1.92. The van der Waals surface area contributed by atoms with Gasteiger partial charge in [0.05, 0.1) is 25.7 Å². The van der Waals surface area contributed by atoms with E-state index in [0.29, 0.717) is 26.1 Å². The second kappa shape index (κ2) is 8.66. The van der Waals surface area contributed by atoms with E-state index in [1.165, 1.54) is 5.56 Å². The van der Waals surface area contributed by atoms with Crippen molar-refractivity contribution in [1.29, 1.82) is 0 Å². The van der Waals surface area contributed by atoms with Gasteiger partial charge in [-0.05, 0) is 29.7 Å². The van der Waals surface area contributed by atoms with Crippen LogP contribution in [0.15, 0.2) is 54.6 Å². The highest BCUT2D eigenvalue weighted by molar-refractivity contribution is 5.81. The Kier molecular flexibility index (Phi) is 5.81. The van der Waals surface area contributed by atoms with Crippen molar-refractivity contribution in [3.8, 4) is 5.75 Å². The van der Waals surface area contributed by atoms with Crippen LogP contribution in [0.5, 0.6) is 5.75 Å². The van der Waals surface area contributed by atoms with Crippen LogP contribution in [-0.4, -0.2) is 67.1 Å². The first kappa shape index (κ1) is 19.5. The molecular weight excluding hydrogens is 368 g/mol. The molecule has 0 aromatic heterocycles. The lowest BCUT2D eigenvalue weighted by atomic mass is 10.1. The van der Waals surface area contributed by atoms with Gasteiger partial charge in [0.1, 0.15) is 12.4 Å². The molecule has 29 heavy (non-hydrogen) atoms. The molecule has 2 aromatic carbocycles. The van der Waals surface area contributed by atoms with Gasteiger partial charge < -0.3 is 19.3 Å². The first-order chi connectivity index (χ1) is 14.1. The predicted molar refractivity (Wildman–Crippen MR) is 109 cm³/mol. The number of likely N-dealkylation sites (tertiary alicyclic amines) is 1. The number of rotatable bonds is 6. The lowest BCUT2D eigenvalue weighted by molar-refractivity contribution is -0.152. The molecule has 0 saturated carbocycles. The third kappa shape index (κ3) is 4.43. The average molecular weight is 394 g/mol. The van der Waals surface area contributed by atoms with Crippen LogP contribution in [0.3, 0.4) is 0 Å². The van der Waals surface area contributed by atoms with E-state index in [1.807, 2.05) is 52.3 Å². The topological polar surface area (TPSA) is 59.1 Å². The summed E-state index contributed by atoms with van der Waals surface area (Å²) in [5, 5.41) is 0. The monoisotopic (exact) mass is 394 g/mol. The van der Waals surface area contributed by atoms with E-state index in [-0.39, 0.29) is 30.6 Å². The molecule has 6 nitrogen and oxygen atoms in total. The number of fused-ring (bicyclic) bond motifs is 1. The van der Waals surface area contributed by atoms with E-state index in [0.717, 1.165) is 17.7 Å². The van der Waals surface area contributed by atoms with Gasteiger partial charge in [0.25, 0.3) is 0 Å². The van der Waals surface area contributed by atoms with Crippen molar-refractivity contribution in [2.75, 3.05) is 33.4 Å². The number of carbonyl (C=O) groups excluding carboxylic acids is 2. The van der Waals surface area contributed by atoms with Crippen LogP contribution in [-0.2, 0) is 27.2 Å². The summed E-state index contributed by atoms with van der Waals surface area (Å²) in [5.41, 5.74) is 2.12. The van der Waals surface area contributed by atoms with Crippen LogP contribution in [0.2, 0.25) is 0 Å². The zero-order chi connectivity index (χ0) is 20.2. The van der Waals surface area contributed by atoms with Crippen LogP contribution < -0.4 is 4.74 Å². The first-order valence-electron chi connectivity index (χ1n) is 10.00. The molecule has 0 radical (unpaired) electrons. The van der Waals surface area contributed by atoms with Crippen LogP contribution in [0.1, 0.15) is 11.1 Å². The largest absolute Gasteiger partial charge is 0.497 e. The van der Waals surface area contributed by atoms with E-state index in [2.05, 4.69) is 12.1 Å². The van der Waals surface area contributed by atoms with Gasteiger partial charge >= 0.3 is 0 Å². The number of carbonyl (C=O) groups is 2. The minimum Gasteiger partial charge on any atom is -0.497 e. The lowest BCUT2D eigenvalue weighted by Gasteiger charge is -2.36. The maximum Gasteiger partial charge on any atom is 0.248 e. The second-order valence-electron chi connectivity index (χ2n) is 7.57. The molecule has 6 heteroatoms. The van der Waals surface area contributed by atoms with Gasteiger partial charge in [-0.2, -0.15) is 0 Å². The maximum atomic E-state index is 12.9. The second-order valence-corrected chi connectivity index (χ2v) is 7.57. The molecule has 2 aliphatic heterocycles. The van der Waals surface area contributed by atoms with E-state index in [9.17, 15) is 9.59 Å². The Balaban J connectivity index is 1.40. The minimum atomic E-state index is -0.113. The third-order valence-corrected chi connectivity index (χ3v) is 5.70. The van der Waals surface area contributed by atoms with E-state index in [4.69, 9.17) is 9.47 Å². The van der Waals surface area contributed by atoms with Gasteiger partial charge in [0.15, 0.2) is 0 Å². The quantitative estimate of drug-likeness (QED) is 0.751. The summed E-state index contributed by atoms with van der Waals surface area (Å²) in [6, 6.07) is 17.6. The van der Waals surface area contributed by atoms with E-state index in [1.54, 1.807) is 7.11 Å². The molecule has 2 aliphatic rings. The lowest BCUT2D eigenvalue weighted by Crippen LogP contribution is -2.54. The van der Waals surface area contributed by atoms with E-state index >= 15 is 0 Å². The summed E-state index contributed by atoms with van der Waals surface area (Å²) >= 11 is 0. The van der Waals surface area contributed by atoms with Crippen molar-refractivity contribution in [3.05, 3.63) is 65.7 Å². The Morgan fingerprint density at radius 1 is 1.10 bits per heavy atom. The molecule has 152 valence electrons. The molecule has 4 rings (SSSR count). The fraction of sp³-hybridized carbons (Fsp3) is 0.391. The van der Waals surface area contributed by atoms with Crippen molar-refractivity contribution in [3.63, 3.8) is 0 Å². The number of hydrogen-bond acceptors (Lipinski definition) is 4. The van der Waals surface area contributed by atoms with Gasteiger partial charge in [-0.15, -0.1) is 0 Å². The van der Waals surface area contributed by atoms with Crippen molar-refractivity contribution in [2.24, 2.45) is 0 Å². The van der Waals surface area contributed by atoms with Gasteiger partial charge in [-0.1, -0.05) is 42.5 Å². The Labute approximate surface area is 171 Å². The van der Waals surface area contributed by atoms with Gasteiger partial charge in [0.2, 0.25) is 11.8 Å². The highest BCUT2D eigenvalue weighted by Gasteiger charge is 2.44. The minimum absolute atomic E-state index is 0.00396. The Hall–Kier alpha value is -2.86. The molecule has 0 bridgehead atoms. The van der Waals surface area contributed by atoms with Gasteiger partial charge in [0, 0.05) is 19.6 Å². The fourth-order valence-electron chi connectivity index (χ4n) is 4.12. The maximum absolute atomic E-state index is 12.9. The number of methoxy groups -OCH3 is 1. The van der Waals surface area contributed by atoms with E-state index < -0.39 is 0 Å². The summed E-state index contributed by atoms with van der Waals surface area (Å²) in [6.45, 7) is 1.79. The number of nitrogens with zero attached hydrogens (tertiary/aromatic N) is 2. The Bertz CT molecular complexity index is 870. The summed E-state index contributed by atoms with van der Waals surface area (Å²) in [6.07, 6.45) is 1.00. The van der Waals surface area contributed by atoms with Gasteiger partial charge in [-0.3, -0.25) is 9.59 Å². The highest BCUT2D eigenvalue weighted by Crippen LogP contribution is 2.25. The molecule has 0 N–H and O–H groups in total. The number of hydrogen-bond donors (Lipinski definition) is 0. The summed E-state index contributed by atoms with van der Waals surface area (Å²) in [5.74, 6) is 0.794. The first-order valence-corrected chi connectivity index (χ1v) is 10.00. The van der Waals surface area contributed by atoms with Crippen LogP contribution in [0.25, 0.3) is 0 Å². The van der Waals surface area contributed by atoms with Crippen LogP contribution in [0, 0.1) is 0 Å². The Morgan fingerprint density at radius 2 is 1.90 bits per heavy atom. The summed E-state index contributed by atoms with van der Waals surface area (Å²) in [7, 11) is 1.62. The number of ether oxygens (including phenoxy) is 2. The number of morpholine rings is 1. The summed E-state index contributed by atoms with van der Waals surface area (Å²) in [4.78, 5) is 29.1. The Morgan fingerprint density at radius 3 is 2.69 bits per heavy atom. The molecule has 2 heterocycles. The molecule has 2 aromatic rings. The molecule has 0 unspecified atom stereocenters. The SMILES string of the molecule is COc1cccc(CC(=O)N2C[C@@H]3OCC(=O)N(CCc4ccccc4)[C@H]3C2)c1. The van der Waals surface area contributed by atoms with Crippen molar-refractivity contribution >= 4 is 11.8 Å². The number of amides is 2. The normalized spacial score (nSPS) is 21.2. The molecular formula is C23H26N2O4. The smallest absolute Gasteiger partial charge is 0.248 e. The molecule has 2 fully saturated rings. The molecule has 0 spiro atoms. The zero-order valence-corrected chi connectivity index (χ0v) is 16.6. The fourth-order valence-corrected chi connectivity index (χ4v) is 4.12. The van der Waals surface area contributed by atoms with Crippen molar-refractivity contribution in [1.82, 2.24) is 9.80 Å². The van der Waals surface area contributed by atoms with Crippen molar-refractivity contribution in [2.45, 2.75) is 25.0 Å². The standard InChI is InChI=1S/C23H26N2O4/c1-28-19-9-5-8-18(12-19)13-22(26)24-14-20-21(15-24)29-16-23(27)25(20)11-10-17-6-3-2-4-7-17/h2-9,12,20-21H,10-11,13-16H2,1H3/t20-,21-/m0/s1. The third-order valence-electron chi connectivity index (χ3n) is 5.70. The van der Waals surface area contributed by atoms with Crippen LogP contribution >= 0.6 is 0 Å². The molecule has 2 atom stereocenters. The zero-order valence-electron chi connectivity index (χ0n) is 16.6. The average Bonchev–Trinajstić information content (AvgIpc) is 3.18. The summed E-state index contributed by atoms with van der Waals surface area (Å²) < 4.78 is 11.0. The van der Waals surface area contributed by atoms with Gasteiger partial charge in [-0.25, -0.2) is 0 Å². The molecule has 0 aliphatic carbocycles. The number of benzene rings is 2. The van der Waals surface area contributed by atoms with Crippen LogP contribution in [0.4, 0.5) is 0 Å². The molecule has 2 saturated heterocycles. The highest BCUT2D eigenvalue weighted by atomic mass is 16.5. The van der Waals surface area contributed by atoms with Crippen molar-refractivity contribution < 1.29 is 19.1 Å². The molecule has 2 amide bonds.